The molecule has 0 saturated carbocycles. The molecule has 0 atom stereocenters. The Bertz CT molecular complexity index is 104. The molecule has 0 bridgehead atoms. The second-order valence-electron chi connectivity index (χ2n) is 2.59. The van der Waals surface area contributed by atoms with Crippen LogP contribution in [0.1, 0.15) is 6.92 Å². The van der Waals surface area contributed by atoms with Crippen molar-refractivity contribution in [2.75, 3.05) is 0 Å². The van der Waals surface area contributed by atoms with E-state index in [0.29, 0.717) is 0 Å². The molecule has 0 aliphatic heterocycles. The van der Waals surface area contributed by atoms with E-state index in [1.165, 1.54) is 6.92 Å². The van der Waals surface area contributed by atoms with E-state index in [1.807, 2.05) is 0 Å². The predicted octanol–water partition coefficient (Wildman–Crippen LogP) is 2.02. The number of rotatable bonds is 1. The van der Waals surface area contributed by atoms with Crippen molar-refractivity contribution in [2.45, 2.75) is 21.7 Å². The Morgan fingerprint density at radius 1 is 1.40 bits per heavy atom. The van der Waals surface area contributed by atoms with Crippen molar-refractivity contribution in [1.29, 1.82) is 0 Å². The molecule has 0 unspecified atom stereocenters. The normalized spacial score (nSPS) is 8.10. The van der Waals surface area contributed by atoms with Crippen LogP contribution in [-0.2, 0) is 4.79 Å². The summed E-state index contributed by atoms with van der Waals surface area (Å²) in [6, 6.07) is 0. The van der Waals surface area contributed by atoms with Crippen LogP contribution < -0.4 is 0 Å². The molecule has 0 spiro atoms. The molecule has 0 rings (SSSR count). The molecule has 0 fully saturated rings. The van der Waals surface area contributed by atoms with Gasteiger partial charge in [-0.25, -0.2) is 4.79 Å². The molecule has 0 amide bonds. The molecule has 59 valence electrons. The van der Waals surface area contributed by atoms with Crippen molar-refractivity contribution in [3.8, 4) is 0 Å². The van der Waals surface area contributed by atoms with Crippen LogP contribution in [0.5, 0.6) is 0 Å². The van der Waals surface area contributed by atoms with Gasteiger partial charge in [0.1, 0.15) is 0 Å². The first kappa shape index (κ1) is 12.7. The second-order valence-corrected chi connectivity index (χ2v) is 11.1. The second kappa shape index (κ2) is 7.12. The van der Waals surface area contributed by atoms with Crippen LogP contribution in [0.15, 0.2) is 12.2 Å². The minimum absolute atomic E-state index is 0.176. The third kappa shape index (κ3) is 24.5. The molecule has 1 radical (unpaired) electrons. The summed E-state index contributed by atoms with van der Waals surface area (Å²) < 4.78 is 0. The average Bonchev–Trinajstić information content (AvgIpc) is 1.63. The molecule has 0 aromatic rings. The molecule has 0 saturated heterocycles. The summed E-state index contributed by atoms with van der Waals surface area (Å²) in [6.45, 7) is 4.60. The molecular formula is C7H15O2Sn. The summed E-state index contributed by atoms with van der Waals surface area (Å²) in [4.78, 5) is 16.7. The van der Waals surface area contributed by atoms with E-state index in [2.05, 4.69) is 21.4 Å². The third-order valence-corrected chi connectivity index (χ3v) is 0.365. The molecule has 0 aliphatic rings. The monoisotopic (exact) mass is 251 g/mol. The van der Waals surface area contributed by atoms with Crippen molar-refractivity contribution in [3.63, 3.8) is 0 Å². The topological polar surface area (TPSA) is 37.3 Å². The molecule has 0 aromatic carbocycles. The SMILES string of the molecule is C=C(C)C(=O)O.[CH3][Sn]([CH3])[CH3]. The third-order valence-electron chi connectivity index (χ3n) is 0.365. The van der Waals surface area contributed by atoms with E-state index in [1.54, 1.807) is 0 Å². The van der Waals surface area contributed by atoms with E-state index in [9.17, 15) is 4.79 Å². The van der Waals surface area contributed by atoms with Crippen LogP contribution in [0.2, 0.25) is 14.8 Å². The van der Waals surface area contributed by atoms with Crippen molar-refractivity contribution < 1.29 is 9.90 Å². The van der Waals surface area contributed by atoms with Gasteiger partial charge in [-0.3, -0.25) is 0 Å². The van der Waals surface area contributed by atoms with Crippen molar-refractivity contribution in [3.05, 3.63) is 12.2 Å². The summed E-state index contributed by atoms with van der Waals surface area (Å²) in [5.74, 6) is -0.935. The molecular weight excluding hydrogens is 235 g/mol. The fraction of sp³-hybridized carbons (Fsp3) is 0.571. The van der Waals surface area contributed by atoms with Gasteiger partial charge in [0.05, 0.1) is 0 Å². The number of carboxylic acids is 1. The average molecular weight is 250 g/mol. The van der Waals surface area contributed by atoms with Crippen molar-refractivity contribution >= 4 is 25.7 Å². The van der Waals surface area contributed by atoms with Gasteiger partial charge in [0.25, 0.3) is 0 Å². The zero-order valence-corrected chi connectivity index (χ0v) is 9.92. The van der Waals surface area contributed by atoms with Crippen molar-refractivity contribution in [2.24, 2.45) is 0 Å². The van der Waals surface area contributed by atoms with Crippen LogP contribution in [0.25, 0.3) is 0 Å². The Kier molecular flexibility index (Phi) is 9.02. The number of carboxylic acid groups (broad SMARTS) is 1. The molecule has 10 heavy (non-hydrogen) atoms. The van der Waals surface area contributed by atoms with Gasteiger partial charge in [-0.1, -0.05) is 6.58 Å². The summed E-state index contributed by atoms with van der Waals surface area (Å²) in [5.41, 5.74) is 0.176. The fourth-order valence-electron chi connectivity index (χ4n) is 0. The van der Waals surface area contributed by atoms with E-state index >= 15 is 0 Å². The van der Waals surface area contributed by atoms with Crippen LogP contribution >= 0.6 is 0 Å². The van der Waals surface area contributed by atoms with Gasteiger partial charge >= 0.3 is 40.5 Å². The van der Waals surface area contributed by atoms with Gasteiger partial charge in [-0.2, -0.15) is 0 Å². The summed E-state index contributed by atoms with van der Waals surface area (Å²) >= 11 is -0.543. The van der Waals surface area contributed by atoms with Crippen LogP contribution in [0, 0.1) is 0 Å². The minimum atomic E-state index is -0.935. The van der Waals surface area contributed by atoms with Crippen LogP contribution in [0.3, 0.4) is 0 Å². The number of carbonyl (C=O) groups is 1. The predicted molar refractivity (Wildman–Crippen MR) is 45.8 cm³/mol. The molecule has 0 heterocycles. The van der Waals surface area contributed by atoms with Gasteiger partial charge in [0, 0.05) is 5.57 Å². The Labute approximate surface area is 69.7 Å². The summed E-state index contributed by atoms with van der Waals surface area (Å²) in [5, 5.41) is 7.89. The van der Waals surface area contributed by atoms with E-state index < -0.39 is 25.7 Å². The van der Waals surface area contributed by atoms with Crippen LogP contribution in [-0.4, -0.2) is 30.8 Å². The molecule has 0 aliphatic carbocycles. The Morgan fingerprint density at radius 3 is 1.50 bits per heavy atom. The molecule has 0 aromatic heterocycles. The Balaban J connectivity index is 0. The number of aliphatic carboxylic acids is 1. The van der Waals surface area contributed by atoms with E-state index in [0.717, 1.165) is 0 Å². The van der Waals surface area contributed by atoms with E-state index in [-0.39, 0.29) is 5.57 Å². The molecule has 2 nitrogen and oxygen atoms in total. The van der Waals surface area contributed by atoms with Crippen molar-refractivity contribution in [1.82, 2.24) is 0 Å². The van der Waals surface area contributed by atoms with E-state index in [4.69, 9.17) is 5.11 Å². The maximum absolute atomic E-state index is 9.60. The zero-order valence-electron chi connectivity index (χ0n) is 7.06. The van der Waals surface area contributed by atoms with Crippen LogP contribution in [0.4, 0.5) is 0 Å². The maximum atomic E-state index is 9.60. The molecule has 3 heteroatoms. The number of hydrogen-bond acceptors (Lipinski definition) is 1. The Hall–Kier alpha value is 0.00870. The summed E-state index contributed by atoms with van der Waals surface area (Å²) in [7, 11) is 0. The molecule has 1 N–H and O–H groups in total. The first-order valence-electron chi connectivity index (χ1n) is 3.03. The van der Waals surface area contributed by atoms with Gasteiger partial charge in [0.2, 0.25) is 0 Å². The van der Waals surface area contributed by atoms with Gasteiger partial charge < -0.3 is 5.11 Å². The Morgan fingerprint density at radius 2 is 1.50 bits per heavy atom. The fourth-order valence-corrected chi connectivity index (χ4v) is 0. The quantitative estimate of drug-likeness (QED) is 0.570. The number of hydrogen-bond donors (Lipinski definition) is 1. The van der Waals surface area contributed by atoms with Gasteiger partial charge in [0.15, 0.2) is 0 Å². The first-order valence-corrected chi connectivity index (χ1v) is 11.6. The van der Waals surface area contributed by atoms with Gasteiger partial charge in [-0.05, 0) is 6.92 Å². The first-order chi connectivity index (χ1) is 4.37. The standard InChI is InChI=1S/C4H6O2.3CH3.Sn/c1-3(2)4(5)6;;;;/h1H2,2H3,(H,5,6);3*1H3;. The van der Waals surface area contributed by atoms with Gasteiger partial charge in [-0.15, -0.1) is 0 Å². The zero-order chi connectivity index (χ0) is 8.73. The summed E-state index contributed by atoms with van der Waals surface area (Å²) in [6.07, 6.45) is 0.